The van der Waals surface area contributed by atoms with Gasteiger partial charge < -0.3 is 10.1 Å². The van der Waals surface area contributed by atoms with Crippen molar-refractivity contribution < 1.29 is 9.53 Å². The summed E-state index contributed by atoms with van der Waals surface area (Å²) in [5.74, 6) is -0.313. The predicted octanol–water partition coefficient (Wildman–Crippen LogP) is 2.23. The lowest BCUT2D eigenvalue weighted by Crippen LogP contribution is -2.56. The van der Waals surface area contributed by atoms with Crippen LogP contribution in [0.25, 0.3) is 0 Å². The number of carbonyl (C=O) groups is 1. The number of rotatable bonds is 2. The quantitative estimate of drug-likeness (QED) is 0.712. The Labute approximate surface area is 91.9 Å². The Bertz CT molecular complexity index is 301. The Kier molecular flexibility index (Phi) is 2.85. The van der Waals surface area contributed by atoms with Gasteiger partial charge in [0.25, 0.3) is 0 Å². The average Bonchev–Trinajstić information content (AvgIpc) is 2.10. The van der Waals surface area contributed by atoms with E-state index in [1.54, 1.807) is 0 Å². The number of ether oxygens (including phenoxy) is 1. The fraction of sp³-hybridized carbons (Fsp3) is 0.750. The molecule has 86 valence electrons. The molecule has 15 heavy (non-hydrogen) atoms. The van der Waals surface area contributed by atoms with Gasteiger partial charge in [-0.1, -0.05) is 0 Å². The molecule has 1 unspecified atom stereocenters. The molecule has 1 heterocycles. The second-order valence-electron chi connectivity index (χ2n) is 5.43. The molecule has 0 amide bonds. The maximum absolute atomic E-state index is 11.9. The van der Waals surface area contributed by atoms with E-state index in [2.05, 4.69) is 5.32 Å². The molecule has 0 fully saturated rings. The van der Waals surface area contributed by atoms with Crippen molar-refractivity contribution in [3.63, 3.8) is 0 Å². The molecule has 0 saturated carbocycles. The molecule has 3 nitrogen and oxygen atoms in total. The Hall–Kier alpha value is -0.990. The van der Waals surface area contributed by atoms with E-state index in [0.717, 1.165) is 0 Å². The predicted molar refractivity (Wildman–Crippen MR) is 60.3 cm³/mol. The highest BCUT2D eigenvalue weighted by molar-refractivity contribution is 5.75. The standard InChI is InChI=1S/C12H21NO2/c1-8-7-13-12(8,6)9(2)10(14)15-11(3,4)5/h7,9,13H,1-6H3/t9-,12?/m0/s1. The van der Waals surface area contributed by atoms with Gasteiger partial charge in [0, 0.05) is 0 Å². The zero-order valence-corrected chi connectivity index (χ0v) is 10.5. The summed E-state index contributed by atoms with van der Waals surface area (Å²) in [6, 6.07) is 0. The molecule has 1 rings (SSSR count). The van der Waals surface area contributed by atoms with Crippen molar-refractivity contribution in [2.75, 3.05) is 0 Å². The minimum Gasteiger partial charge on any atom is -0.460 e. The molecule has 0 saturated heterocycles. The van der Waals surface area contributed by atoms with Crippen LogP contribution in [0.5, 0.6) is 0 Å². The Morgan fingerprint density at radius 1 is 1.53 bits per heavy atom. The molecule has 0 aromatic heterocycles. The van der Waals surface area contributed by atoms with Gasteiger partial charge in [0.05, 0.1) is 11.5 Å². The van der Waals surface area contributed by atoms with E-state index in [4.69, 9.17) is 4.74 Å². The first-order chi connectivity index (χ1) is 6.67. The molecule has 2 atom stereocenters. The van der Waals surface area contributed by atoms with Gasteiger partial charge in [-0.3, -0.25) is 4.79 Å². The number of esters is 1. The van der Waals surface area contributed by atoms with E-state index < -0.39 is 5.60 Å². The second kappa shape index (κ2) is 3.54. The van der Waals surface area contributed by atoms with E-state index in [-0.39, 0.29) is 17.4 Å². The highest BCUT2D eigenvalue weighted by Gasteiger charge is 2.42. The molecule has 0 radical (unpaired) electrons. The topological polar surface area (TPSA) is 38.3 Å². The second-order valence-corrected chi connectivity index (χ2v) is 5.43. The first kappa shape index (κ1) is 12.1. The van der Waals surface area contributed by atoms with Crippen LogP contribution in [-0.4, -0.2) is 17.1 Å². The van der Waals surface area contributed by atoms with E-state index in [0.29, 0.717) is 0 Å². The third kappa shape index (κ3) is 2.33. The summed E-state index contributed by atoms with van der Waals surface area (Å²) < 4.78 is 5.36. The van der Waals surface area contributed by atoms with Crippen LogP contribution >= 0.6 is 0 Å². The number of carbonyl (C=O) groups excluding carboxylic acids is 1. The molecule has 0 aromatic carbocycles. The van der Waals surface area contributed by atoms with Gasteiger partial charge in [-0.2, -0.15) is 0 Å². The van der Waals surface area contributed by atoms with Gasteiger partial charge in [0.2, 0.25) is 0 Å². The average molecular weight is 211 g/mol. The molecular formula is C12H21NO2. The van der Waals surface area contributed by atoms with Crippen molar-refractivity contribution >= 4 is 5.97 Å². The van der Waals surface area contributed by atoms with Crippen molar-refractivity contribution in [3.05, 3.63) is 11.8 Å². The van der Waals surface area contributed by atoms with E-state index in [1.807, 2.05) is 47.7 Å². The lowest BCUT2D eigenvalue weighted by atomic mass is 9.77. The van der Waals surface area contributed by atoms with Crippen LogP contribution in [0.1, 0.15) is 41.5 Å². The van der Waals surface area contributed by atoms with Crippen LogP contribution < -0.4 is 5.32 Å². The minimum absolute atomic E-state index is 0.148. The summed E-state index contributed by atoms with van der Waals surface area (Å²) in [5.41, 5.74) is 0.548. The smallest absolute Gasteiger partial charge is 0.311 e. The highest BCUT2D eigenvalue weighted by atomic mass is 16.6. The normalized spacial score (nSPS) is 27.2. The van der Waals surface area contributed by atoms with Crippen molar-refractivity contribution in [1.82, 2.24) is 5.32 Å². The lowest BCUT2D eigenvalue weighted by Gasteiger charge is -2.43. The van der Waals surface area contributed by atoms with E-state index >= 15 is 0 Å². The number of hydrogen-bond acceptors (Lipinski definition) is 3. The first-order valence-corrected chi connectivity index (χ1v) is 5.34. The van der Waals surface area contributed by atoms with Crippen LogP contribution in [0.4, 0.5) is 0 Å². The van der Waals surface area contributed by atoms with Crippen LogP contribution in [0.15, 0.2) is 11.8 Å². The SMILES string of the molecule is CC1=CNC1(C)[C@@H](C)C(=O)OC(C)(C)C. The van der Waals surface area contributed by atoms with Gasteiger partial charge in [-0.15, -0.1) is 0 Å². The van der Waals surface area contributed by atoms with Crippen LogP contribution in [-0.2, 0) is 9.53 Å². The Morgan fingerprint density at radius 3 is 2.33 bits per heavy atom. The fourth-order valence-electron chi connectivity index (χ4n) is 1.54. The van der Waals surface area contributed by atoms with Gasteiger partial charge in [-0.05, 0) is 53.3 Å². The van der Waals surface area contributed by atoms with Crippen molar-refractivity contribution in [2.24, 2.45) is 5.92 Å². The van der Waals surface area contributed by atoms with Crippen LogP contribution in [0.3, 0.4) is 0 Å². The maximum atomic E-state index is 11.9. The van der Waals surface area contributed by atoms with Crippen molar-refractivity contribution in [2.45, 2.75) is 52.7 Å². The minimum atomic E-state index is -0.414. The summed E-state index contributed by atoms with van der Waals surface area (Å²) in [5, 5.41) is 3.18. The molecule has 1 aliphatic heterocycles. The summed E-state index contributed by atoms with van der Waals surface area (Å²) in [4.78, 5) is 11.9. The first-order valence-electron chi connectivity index (χ1n) is 5.34. The van der Waals surface area contributed by atoms with Gasteiger partial charge >= 0.3 is 5.97 Å². The molecule has 1 N–H and O–H groups in total. The zero-order chi connectivity index (χ0) is 11.9. The largest absolute Gasteiger partial charge is 0.460 e. The van der Waals surface area contributed by atoms with Gasteiger partial charge in [0.1, 0.15) is 5.60 Å². The number of hydrogen-bond donors (Lipinski definition) is 1. The maximum Gasteiger partial charge on any atom is 0.311 e. The molecule has 1 aliphatic rings. The van der Waals surface area contributed by atoms with Crippen molar-refractivity contribution in [1.29, 1.82) is 0 Å². The Morgan fingerprint density at radius 2 is 2.07 bits per heavy atom. The molecule has 0 aromatic rings. The van der Waals surface area contributed by atoms with Gasteiger partial charge in [-0.25, -0.2) is 0 Å². The molecular weight excluding hydrogens is 190 g/mol. The van der Waals surface area contributed by atoms with Crippen LogP contribution in [0.2, 0.25) is 0 Å². The van der Waals surface area contributed by atoms with E-state index in [1.165, 1.54) is 5.57 Å². The number of nitrogens with one attached hydrogen (secondary N) is 1. The lowest BCUT2D eigenvalue weighted by molar-refractivity contribution is -0.161. The van der Waals surface area contributed by atoms with Crippen LogP contribution in [0, 0.1) is 5.92 Å². The summed E-state index contributed by atoms with van der Waals surface area (Å²) in [7, 11) is 0. The molecule has 0 spiro atoms. The monoisotopic (exact) mass is 211 g/mol. The Balaban J connectivity index is 2.66. The molecule has 0 aliphatic carbocycles. The highest BCUT2D eigenvalue weighted by Crippen LogP contribution is 2.32. The fourth-order valence-corrected chi connectivity index (χ4v) is 1.54. The third-order valence-electron chi connectivity index (χ3n) is 3.03. The van der Waals surface area contributed by atoms with Gasteiger partial charge in [0.15, 0.2) is 0 Å². The molecule has 3 heteroatoms. The van der Waals surface area contributed by atoms with E-state index in [9.17, 15) is 4.79 Å². The summed E-state index contributed by atoms with van der Waals surface area (Å²) in [6.07, 6.45) is 1.93. The third-order valence-corrected chi connectivity index (χ3v) is 3.03. The zero-order valence-electron chi connectivity index (χ0n) is 10.5. The molecule has 0 bridgehead atoms. The van der Waals surface area contributed by atoms with Crippen molar-refractivity contribution in [3.8, 4) is 0 Å². The summed E-state index contributed by atoms with van der Waals surface area (Å²) >= 11 is 0. The summed E-state index contributed by atoms with van der Waals surface area (Å²) in [6.45, 7) is 11.6.